The minimum Gasteiger partial charge on any atom is -0.497 e. The highest BCUT2D eigenvalue weighted by Crippen LogP contribution is 2.59. The predicted molar refractivity (Wildman–Crippen MR) is 139 cm³/mol. The van der Waals surface area contributed by atoms with Crippen LogP contribution in [-0.4, -0.2) is 26.0 Å². The van der Waals surface area contributed by atoms with Crippen molar-refractivity contribution in [2.75, 3.05) is 19.1 Å². The number of hydrogen-bond donors (Lipinski definition) is 0. The van der Waals surface area contributed by atoms with Gasteiger partial charge in [0.05, 0.1) is 37.3 Å². The number of ether oxygens (including phenoxy) is 2. The molecule has 2 aliphatic carbocycles. The van der Waals surface area contributed by atoms with Crippen molar-refractivity contribution in [3.05, 3.63) is 107 Å². The van der Waals surface area contributed by atoms with Crippen LogP contribution in [0.2, 0.25) is 0 Å². The van der Waals surface area contributed by atoms with E-state index in [1.54, 1.807) is 14.2 Å². The Hall–Kier alpha value is -4.33. The average molecular weight is 532 g/mol. The van der Waals surface area contributed by atoms with Crippen LogP contribution in [-0.2, 0) is 15.8 Å². The van der Waals surface area contributed by atoms with Crippen molar-refractivity contribution in [3.63, 3.8) is 0 Å². The van der Waals surface area contributed by atoms with Crippen LogP contribution >= 0.6 is 0 Å². The normalized spacial score (nSPS) is 23.4. The van der Waals surface area contributed by atoms with Crippen molar-refractivity contribution in [1.29, 1.82) is 0 Å². The second kappa shape index (κ2) is 9.15. The highest BCUT2D eigenvalue weighted by atomic mass is 19.4. The Balaban J connectivity index is 1.45. The largest absolute Gasteiger partial charge is 0.497 e. The lowest BCUT2D eigenvalue weighted by Crippen LogP contribution is -2.33. The summed E-state index contributed by atoms with van der Waals surface area (Å²) < 4.78 is 50.7. The Morgan fingerprint density at radius 3 is 1.67 bits per heavy atom. The molecule has 8 heteroatoms. The number of carbonyl (C=O) groups is 2. The summed E-state index contributed by atoms with van der Waals surface area (Å²) in [5.41, 5.74) is 2.74. The van der Waals surface area contributed by atoms with Crippen molar-refractivity contribution in [2.24, 2.45) is 23.7 Å². The first-order valence-electron chi connectivity index (χ1n) is 12.5. The van der Waals surface area contributed by atoms with E-state index in [9.17, 15) is 22.8 Å². The lowest BCUT2D eigenvalue weighted by atomic mass is 9.85. The van der Waals surface area contributed by atoms with E-state index in [0.29, 0.717) is 11.5 Å². The number of allylic oxidation sites excluding steroid dienone is 3. The number of imide groups is 1. The fraction of sp³-hybridized carbons (Fsp3) is 0.226. The van der Waals surface area contributed by atoms with Crippen LogP contribution in [0.5, 0.6) is 11.5 Å². The molecule has 0 radical (unpaired) electrons. The number of rotatable bonds is 5. The van der Waals surface area contributed by atoms with Gasteiger partial charge >= 0.3 is 6.18 Å². The van der Waals surface area contributed by atoms with E-state index in [0.717, 1.165) is 39.3 Å². The SMILES string of the molecule is COc1ccc(C(=C2[C@H]3C=C[C@H]2[C@@H]2C(=O)N(c4cccc(C(F)(F)F)c4)C(=O)[C@H]23)c2ccc(OC)cc2)cc1. The molecule has 2 bridgehead atoms. The van der Waals surface area contributed by atoms with Crippen LogP contribution in [0.3, 0.4) is 0 Å². The molecule has 0 aromatic heterocycles. The van der Waals surface area contributed by atoms with Crippen LogP contribution in [0.4, 0.5) is 18.9 Å². The number of benzene rings is 3. The number of nitrogens with zero attached hydrogens (tertiary/aromatic N) is 1. The molecule has 4 atom stereocenters. The number of carbonyl (C=O) groups excluding carboxylic acids is 2. The van der Waals surface area contributed by atoms with Gasteiger partial charge in [0.25, 0.3) is 0 Å². The first-order chi connectivity index (χ1) is 18.7. The topological polar surface area (TPSA) is 55.8 Å². The minimum atomic E-state index is -4.58. The molecule has 2 fully saturated rings. The van der Waals surface area contributed by atoms with Gasteiger partial charge in [0, 0.05) is 11.8 Å². The number of alkyl halides is 3. The highest BCUT2D eigenvalue weighted by molar-refractivity contribution is 6.23. The van der Waals surface area contributed by atoms with Crippen molar-refractivity contribution in [2.45, 2.75) is 6.18 Å². The minimum absolute atomic E-state index is 0.0512. The van der Waals surface area contributed by atoms with Gasteiger partial charge in [-0.25, -0.2) is 4.90 Å². The molecule has 5 nitrogen and oxygen atoms in total. The smallest absolute Gasteiger partial charge is 0.416 e. The van der Waals surface area contributed by atoms with Crippen LogP contribution in [0.15, 0.2) is 90.5 Å². The first-order valence-corrected chi connectivity index (χ1v) is 12.5. The Morgan fingerprint density at radius 2 is 1.23 bits per heavy atom. The second-order valence-electron chi connectivity index (χ2n) is 9.84. The Morgan fingerprint density at radius 1 is 0.744 bits per heavy atom. The van der Waals surface area contributed by atoms with Gasteiger partial charge in [-0.2, -0.15) is 13.2 Å². The molecule has 0 unspecified atom stereocenters. The van der Waals surface area contributed by atoms with Crippen molar-refractivity contribution < 1.29 is 32.2 Å². The molecular formula is C31H24F3NO4. The van der Waals surface area contributed by atoms with Crippen LogP contribution in [0.25, 0.3) is 5.57 Å². The first kappa shape index (κ1) is 25.0. The zero-order valence-corrected chi connectivity index (χ0v) is 21.1. The van der Waals surface area contributed by atoms with E-state index in [4.69, 9.17) is 9.47 Å². The highest BCUT2D eigenvalue weighted by Gasteiger charge is 2.62. The molecular weight excluding hydrogens is 507 g/mol. The number of fused-ring (bicyclic) bond motifs is 5. The van der Waals surface area contributed by atoms with E-state index >= 15 is 0 Å². The van der Waals surface area contributed by atoms with E-state index < -0.39 is 35.4 Å². The summed E-state index contributed by atoms with van der Waals surface area (Å²) >= 11 is 0. The molecule has 198 valence electrons. The van der Waals surface area contributed by atoms with Gasteiger partial charge in [0.1, 0.15) is 11.5 Å². The third-order valence-electron chi connectivity index (χ3n) is 7.89. The molecule has 1 saturated heterocycles. The van der Waals surface area contributed by atoms with Gasteiger partial charge in [0.2, 0.25) is 11.8 Å². The number of methoxy groups -OCH3 is 2. The molecule has 3 aromatic carbocycles. The molecule has 2 amide bonds. The maximum atomic E-state index is 13.7. The molecule has 39 heavy (non-hydrogen) atoms. The standard InChI is InChI=1S/C31H24F3NO4/c1-38-21-10-6-17(7-11-21)25(18-8-12-22(39-2)13-9-18)26-23-14-15-24(26)28-27(23)29(36)35(30(28)37)20-5-3-4-19(16-20)31(32,33)34/h3-16,23-24,27-28H,1-2H3/t23-,24-,27+,28+/m1/s1. The molecule has 6 rings (SSSR count). The molecule has 1 saturated carbocycles. The monoisotopic (exact) mass is 531 g/mol. The zero-order valence-electron chi connectivity index (χ0n) is 21.1. The van der Waals surface area contributed by atoms with Gasteiger partial charge in [-0.3, -0.25) is 9.59 Å². The van der Waals surface area contributed by atoms with Crippen LogP contribution < -0.4 is 14.4 Å². The quantitative estimate of drug-likeness (QED) is 0.293. The summed E-state index contributed by atoms with van der Waals surface area (Å²) in [4.78, 5) is 28.3. The zero-order chi connectivity index (χ0) is 27.5. The molecule has 0 N–H and O–H groups in total. The summed E-state index contributed by atoms with van der Waals surface area (Å²) in [6.07, 6.45) is -0.677. The van der Waals surface area contributed by atoms with E-state index in [1.807, 2.05) is 60.7 Å². The van der Waals surface area contributed by atoms with Gasteiger partial charge < -0.3 is 9.47 Å². The van der Waals surface area contributed by atoms with Crippen molar-refractivity contribution >= 4 is 23.1 Å². The van der Waals surface area contributed by atoms with Crippen LogP contribution in [0, 0.1) is 23.7 Å². The number of amides is 2. The van der Waals surface area contributed by atoms with Crippen molar-refractivity contribution in [1.82, 2.24) is 0 Å². The third-order valence-corrected chi connectivity index (χ3v) is 7.89. The van der Waals surface area contributed by atoms with E-state index in [-0.39, 0.29) is 17.5 Å². The molecule has 1 aliphatic heterocycles. The summed E-state index contributed by atoms with van der Waals surface area (Å²) in [6.45, 7) is 0. The predicted octanol–water partition coefficient (Wildman–Crippen LogP) is 6.15. The molecule has 3 aromatic rings. The number of halogens is 3. The van der Waals surface area contributed by atoms with Gasteiger partial charge in [-0.15, -0.1) is 0 Å². The van der Waals surface area contributed by atoms with E-state index in [2.05, 4.69) is 0 Å². The molecule has 0 spiro atoms. The van der Waals surface area contributed by atoms with Crippen molar-refractivity contribution in [3.8, 4) is 11.5 Å². The number of anilines is 1. The van der Waals surface area contributed by atoms with Gasteiger partial charge in [-0.1, -0.05) is 42.5 Å². The van der Waals surface area contributed by atoms with E-state index in [1.165, 1.54) is 12.1 Å². The van der Waals surface area contributed by atoms with Crippen LogP contribution in [0.1, 0.15) is 16.7 Å². The summed E-state index contributed by atoms with van der Waals surface area (Å²) in [7, 11) is 3.18. The number of hydrogen-bond acceptors (Lipinski definition) is 4. The molecule has 3 aliphatic rings. The maximum absolute atomic E-state index is 13.7. The maximum Gasteiger partial charge on any atom is 0.416 e. The fourth-order valence-corrected chi connectivity index (χ4v) is 6.19. The van der Waals surface area contributed by atoms with Gasteiger partial charge in [0.15, 0.2) is 0 Å². The average Bonchev–Trinajstić information content (AvgIpc) is 3.58. The summed E-state index contributed by atoms with van der Waals surface area (Å²) in [5.74, 6) is -1.61. The Bertz CT molecular complexity index is 1440. The lowest BCUT2D eigenvalue weighted by Gasteiger charge is -2.22. The lowest BCUT2D eigenvalue weighted by molar-refractivity contribution is -0.137. The summed E-state index contributed by atoms with van der Waals surface area (Å²) in [5, 5.41) is 0. The molecule has 1 heterocycles. The Labute approximate surface area is 223 Å². The van der Waals surface area contributed by atoms with Gasteiger partial charge in [-0.05, 0) is 64.7 Å². The third kappa shape index (κ3) is 3.93. The fourth-order valence-electron chi connectivity index (χ4n) is 6.19. The second-order valence-corrected chi connectivity index (χ2v) is 9.84. The summed E-state index contributed by atoms with van der Waals surface area (Å²) in [6, 6.07) is 19.6. The Kier molecular flexibility index (Phi) is 5.86.